The second-order valence-electron chi connectivity index (χ2n) is 7.88. The van der Waals surface area contributed by atoms with E-state index in [4.69, 9.17) is 21.1 Å². The molecule has 0 fully saturated rings. The summed E-state index contributed by atoms with van der Waals surface area (Å²) in [6.07, 6.45) is 4.98. The van der Waals surface area contributed by atoms with E-state index in [0.29, 0.717) is 29.7 Å². The summed E-state index contributed by atoms with van der Waals surface area (Å²) >= 11 is 6.14. The molecule has 2 aromatic heterocycles. The number of methoxy groups -OCH3 is 2. The maximum absolute atomic E-state index is 6.14. The molecule has 1 N–H and O–H groups in total. The zero-order valence-electron chi connectivity index (χ0n) is 20.0. The van der Waals surface area contributed by atoms with Crippen molar-refractivity contribution in [2.75, 3.05) is 50.8 Å². The molecule has 4 aromatic rings. The normalized spacial score (nSPS) is 11.4. The van der Waals surface area contributed by atoms with E-state index in [1.807, 2.05) is 24.3 Å². The van der Waals surface area contributed by atoms with Crippen LogP contribution < -0.4 is 10.3 Å². The van der Waals surface area contributed by atoms with Crippen LogP contribution in [0.4, 0.5) is 11.5 Å². The van der Waals surface area contributed by atoms with Crippen molar-refractivity contribution in [1.29, 1.82) is 0 Å². The van der Waals surface area contributed by atoms with Gasteiger partial charge < -0.3 is 14.4 Å². The highest BCUT2D eigenvalue weighted by molar-refractivity contribution is 6.30. The number of halogens is 1. The van der Waals surface area contributed by atoms with Crippen molar-refractivity contribution < 1.29 is 9.47 Å². The van der Waals surface area contributed by atoms with Crippen LogP contribution in [0.15, 0.2) is 60.1 Å². The predicted octanol–water partition coefficient (Wildman–Crippen LogP) is 4.32. The first-order valence-corrected chi connectivity index (χ1v) is 11.6. The minimum atomic E-state index is 0.569. The first-order valence-electron chi connectivity index (χ1n) is 11.2. The zero-order chi connectivity index (χ0) is 24.6. The van der Waals surface area contributed by atoms with Gasteiger partial charge >= 0.3 is 0 Å². The third-order valence-electron chi connectivity index (χ3n) is 5.54. The summed E-state index contributed by atoms with van der Waals surface area (Å²) in [5.41, 5.74) is 7.73. The second-order valence-corrected chi connectivity index (χ2v) is 8.32. The topological polar surface area (TPSA) is 89.7 Å². The van der Waals surface area contributed by atoms with Crippen molar-refractivity contribution in [3.05, 3.63) is 71.1 Å². The van der Waals surface area contributed by atoms with Crippen LogP contribution in [0.3, 0.4) is 0 Å². The number of nitrogens with zero attached hydrogens (tertiary/aromatic N) is 6. The summed E-state index contributed by atoms with van der Waals surface area (Å²) < 4.78 is 12.2. The van der Waals surface area contributed by atoms with Crippen LogP contribution in [-0.2, 0) is 9.47 Å². The van der Waals surface area contributed by atoms with Crippen molar-refractivity contribution in [3.8, 4) is 5.69 Å². The highest BCUT2D eigenvalue weighted by Crippen LogP contribution is 2.23. The fourth-order valence-corrected chi connectivity index (χ4v) is 3.85. The number of nitrogens with one attached hydrogen (secondary N) is 1. The fraction of sp³-hybridized carbons (Fsp3) is 0.280. The Morgan fingerprint density at radius 2 is 1.89 bits per heavy atom. The highest BCUT2D eigenvalue weighted by atomic mass is 35.5. The van der Waals surface area contributed by atoms with E-state index >= 15 is 0 Å². The average Bonchev–Trinajstić information content (AvgIpc) is 3.30. The lowest BCUT2D eigenvalue weighted by Gasteiger charge is -2.25. The Morgan fingerprint density at radius 1 is 1.09 bits per heavy atom. The van der Waals surface area contributed by atoms with Crippen molar-refractivity contribution >= 4 is 40.4 Å². The van der Waals surface area contributed by atoms with Crippen LogP contribution in [0.1, 0.15) is 11.1 Å². The molecular weight excluding hydrogens is 466 g/mol. The van der Waals surface area contributed by atoms with Gasteiger partial charge in [-0.15, -0.1) is 0 Å². The van der Waals surface area contributed by atoms with Gasteiger partial charge in [0, 0.05) is 38.0 Å². The summed E-state index contributed by atoms with van der Waals surface area (Å²) in [6.45, 7) is 4.95. The number of rotatable bonds is 11. The molecule has 0 unspecified atom stereocenters. The first-order chi connectivity index (χ1) is 17.1. The number of benzene rings is 2. The Bertz CT molecular complexity index is 1300. The first kappa shape index (κ1) is 24.6. The van der Waals surface area contributed by atoms with E-state index in [2.05, 4.69) is 55.6 Å². The molecule has 9 nitrogen and oxygen atoms in total. The molecule has 0 radical (unpaired) electrons. The van der Waals surface area contributed by atoms with E-state index < -0.39 is 0 Å². The molecule has 0 amide bonds. The van der Waals surface area contributed by atoms with Crippen LogP contribution in [0, 0.1) is 6.92 Å². The zero-order valence-corrected chi connectivity index (χ0v) is 20.7. The average molecular weight is 494 g/mol. The molecule has 0 atom stereocenters. The van der Waals surface area contributed by atoms with Gasteiger partial charge in [0.1, 0.15) is 6.33 Å². The van der Waals surface area contributed by atoms with Crippen molar-refractivity contribution in [2.24, 2.45) is 5.10 Å². The quantitative estimate of drug-likeness (QED) is 0.246. The van der Waals surface area contributed by atoms with Crippen LogP contribution in [0.5, 0.6) is 0 Å². The molecule has 10 heteroatoms. The lowest BCUT2D eigenvalue weighted by molar-refractivity contribution is 0.190. The van der Waals surface area contributed by atoms with Gasteiger partial charge in [0.05, 0.1) is 36.7 Å². The third kappa shape index (κ3) is 5.94. The molecule has 0 aliphatic heterocycles. The lowest BCUT2D eigenvalue weighted by atomic mass is 10.1. The number of aromatic nitrogens is 4. The van der Waals surface area contributed by atoms with E-state index in [-0.39, 0.29) is 0 Å². The smallest absolute Gasteiger partial charge is 0.168 e. The molecule has 182 valence electrons. The number of ether oxygens (including phenoxy) is 2. The van der Waals surface area contributed by atoms with Crippen LogP contribution in [0.25, 0.3) is 16.7 Å². The number of hydrogen-bond donors (Lipinski definition) is 1. The van der Waals surface area contributed by atoms with Gasteiger partial charge in [0.25, 0.3) is 0 Å². The minimum absolute atomic E-state index is 0.569. The molecule has 0 bridgehead atoms. The number of hydrogen-bond acceptors (Lipinski definition) is 8. The van der Waals surface area contributed by atoms with Crippen molar-refractivity contribution in [1.82, 2.24) is 19.7 Å². The summed E-state index contributed by atoms with van der Waals surface area (Å²) in [4.78, 5) is 11.0. The summed E-state index contributed by atoms with van der Waals surface area (Å²) in [5.74, 6) is 0.569. The molecule has 0 saturated carbocycles. The third-order valence-corrected chi connectivity index (χ3v) is 5.78. The summed E-state index contributed by atoms with van der Waals surface area (Å²) in [7, 11) is 3.42. The van der Waals surface area contributed by atoms with Gasteiger partial charge in [-0.05, 0) is 48.4 Å². The molecule has 0 aliphatic carbocycles. The molecule has 0 aliphatic rings. The van der Waals surface area contributed by atoms with Gasteiger partial charge in [-0.2, -0.15) is 10.2 Å². The van der Waals surface area contributed by atoms with E-state index in [0.717, 1.165) is 41.0 Å². The summed E-state index contributed by atoms with van der Waals surface area (Å²) in [5, 5.41) is 10.3. The summed E-state index contributed by atoms with van der Waals surface area (Å²) in [6, 6.07) is 13.7. The predicted molar refractivity (Wildman–Crippen MR) is 140 cm³/mol. The Morgan fingerprint density at radius 3 is 2.60 bits per heavy atom. The molecule has 0 spiro atoms. The largest absolute Gasteiger partial charge is 0.383 e. The minimum Gasteiger partial charge on any atom is -0.383 e. The van der Waals surface area contributed by atoms with Crippen LogP contribution in [-0.4, -0.2) is 66.5 Å². The van der Waals surface area contributed by atoms with Gasteiger partial charge in [0.2, 0.25) is 0 Å². The second kappa shape index (κ2) is 11.7. The Balaban J connectivity index is 1.50. The number of fused-ring (bicyclic) bond motifs is 1. The van der Waals surface area contributed by atoms with Gasteiger partial charge in [0.15, 0.2) is 11.5 Å². The Hall–Kier alpha value is -3.53. The maximum atomic E-state index is 6.14. The standard InChI is InChI=1S/C25H28ClN7O2/c1-18-13-21(32(9-11-34-2)10-12-35-3)8-7-19(18)15-29-31-24-23-16-30-33(25(23)28-17-27-24)22-6-4-5-20(26)14-22/h4-8,13-17H,9-12H2,1-3H3,(H,27,28,31). The number of aryl methyl sites for hydroxylation is 1. The van der Waals surface area contributed by atoms with Crippen LogP contribution in [0.2, 0.25) is 5.02 Å². The van der Waals surface area contributed by atoms with Crippen molar-refractivity contribution in [3.63, 3.8) is 0 Å². The van der Waals surface area contributed by atoms with Crippen LogP contribution >= 0.6 is 11.6 Å². The van der Waals surface area contributed by atoms with Gasteiger partial charge in [-0.1, -0.05) is 23.7 Å². The van der Waals surface area contributed by atoms with E-state index in [1.54, 1.807) is 31.3 Å². The van der Waals surface area contributed by atoms with Crippen molar-refractivity contribution in [2.45, 2.75) is 6.92 Å². The Labute approximate surface area is 209 Å². The Kier molecular flexibility index (Phi) is 8.25. The number of hydrazone groups is 1. The molecule has 0 saturated heterocycles. The van der Waals surface area contributed by atoms with E-state index in [1.165, 1.54) is 6.33 Å². The molecular formula is C25H28ClN7O2. The van der Waals surface area contributed by atoms with E-state index in [9.17, 15) is 0 Å². The number of anilines is 2. The molecule has 4 rings (SSSR count). The molecule has 35 heavy (non-hydrogen) atoms. The SMILES string of the molecule is COCCN(CCOC)c1ccc(C=NNc2ncnc3c2cnn3-c2cccc(Cl)c2)c(C)c1. The highest BCUT2D eigenvalue weighted by Gasteiger charge is 2.11. The van der Waals surface area contributed by atoms with Gasteiger partial charge in [-0.25, -0.2) is 14.6 Å². The molecule has 2 aromatic carbocycles. The monoisotopic (exact) mass is 493 g/mol. The fourth-order valence-electron chi connectivity index (χ4n) is 3.67. The lowest BCUT2D eigenvalue weighted by Crippen LogP contribution is -2.30. The molecule has 2 heterocycles. The maximum Gasteiger partial charge on any atom is 0.168 e. The van der Waals surface area contributed by atoms with Gasteiger partial charge in [-0.3, -0.25) is 5.43 Å².